The Morgan fingerprint density at radius 1 is 1.07 bits per heavy atom. The van der Waals surface area contributed by atoms with Crippen LogP contribution in [-0.4, -0.2) is 35.0 Å². The van der Waals surface area contributed by atoms with Gasteiger partial charge in [-0.15, -0.1) is 0 Å². The summed E-state index contributed by atoms with van der Waals surface area (Å²) >= 11 is 0. The van der Waals surface area contributed by atoms with Gasteiger partial charge in [-0.3, -0.25) is 4.90 Å². The molecule has 0 aromatic carbocycles. The van der Waals surface area contributed by atoms with Crippen LogP contribution in [0.4, 0.5) is 0 Å². The molecule has 1 N–H and O–H groups in total. The molecule has 3 nitrogen and oxygen atoms in total. The molecule has 14 heavy (non-hydrogen) atoms. The van der Waals surface area contributed by atoms with Crippen molar-refractivity contribution in [2.24, 2.45) is 17.0 Å². The van der Waals surface area contributed by atoms with Gasteiger partial charge in [0.15, 0.2) is 0 Å². The summed E-state index contributed by atoms with van der Waals surface area (Å²) in [6, 6.07) is 0.873. The van der Waals surface area contributed by atoms with Gasteiger partial charge in [-0.05, 0) is 25.7 Å². The molecule has 3 fully saturated rings. The summed E-state index contributed by atoms with van der Waals surface area (Å²) in [5.41, 5.74) is 1.10. The first kappa shape index (κ1) is 8.72. The van der Waals surface area contributed by atoms with Gasteiger partial charge in [0.1, 0.15) is 0 Å². The predicted molar refractivity (Wildman–Crippen MR) is 54.6 cm³/mol. The molecule has 0 amide bonds. The molecule has 2 unspecified atom stereocenters. The Labute approximate surface area is 84.8 Å². The number of hydrogen-bond donors (Lipinski definition) is 1. The molecule has 3 rings (SSSR count). The summed E-state index contributed by atoms with van der Waals surface area (Å²) in [5, 5.41) is 12.5. The second-order valence-corrected chi connectivity index (χ2v) is 5.03. The number of nitrogens with zero attached hydrogens (tertiary/aromatic N) is 2. The number of fused-ring (bicyclic) bond motifs is 2. The predicted octanol–water partition coefficient (Wildman–Crippen LogP) is 1.71. The first-order chi connectivity index (χ1) is 6.88. The van der Waals surface area contributed by atoms with Crippen molar-refractivity contribution in [1.82, 2.24) is 4.90 Å². The van der Waals surface area contributed by atoms with E-state index in [1.165, 1.54) is 32.1 Å². The Kier molecular flexibility index (Phi) is 2.01. The maximum atomic E-state index is 9.01. The SMILES string of the molecule is ON=C1C2CCCC1CN(C1CC1)C2. The largest absolute Gasteiger partial charge is 0.411 e. The van der Waals surface area contributed by atoms with Crippen molar-refractivity contribution >= 4 is 5.71 Å². The third-order valence-corrected chi connectivity index (χ3v) is 4.03. The number of hydrogen-bond acceptors (Lipinski definition) is 3. The minimum atomic E-state index is 0.563. The molecule has 0 spiro atoms. The van der Waals surface area contributed by atoms with Gasteiger partial charge in [-0.1, -0.05) is 11.6 Å². The van der Waals surface area contributed by atoms with Gasteiger partial charge in [-0.2, -0.15) is 0 Å². The molecule has 0 aromatic rings. The molecule has 1 aliphatic heterocycles. The lowest BCUT2D eigenvalue weighted by Gasteiger charge is -2.41. The van der Waals surface area contributed by atoms with Crippen LogP contribution in [0.5, 0.6) is 0 Å². The zero-order valence-corrected chi connectivity index (χ0v) is 8.52. The highest BCUT2D eigenvalue weighted by molar-refractivity contribution is 5.90. The molecule has 2 aliphatic carbocycles. The standard InChI is InChI=1S/C11H18N2O/c14-12-11-8-2-1-3-9(11)7-13(6-8)10-4-5-10/h8-10,14H,1-7H2. The van der Waals surface area contributed by atoms with E-state index in [0.717, 1.165) is 24.8 Å². The molecule has 1 saturated heterocycles. The van der Waals surface area contributed by atoms with E-state index in [4.69, 9.17) is 5.21 Å². The van der Waals surface area contributed by atoms with Crippen LogP contribution >= 0.6 is 0 Å². The topological polar surface area (TPSA) is 35.8 Å². The molecule has 2 atom stereocenters. The fraction of sp³-hybridized carbons (Fsp3) is 0.909. The lowest BCUT2D eigenvalue weighted by Crippen LogP contribution is -2.49. The van der Waals surface area contributed by atoms with Crippen LogP contribution < -0.4 is 0 Å². The van der Waals surface area contributed by atoms with Gasteiger partial charge in [0, 0.05) is 31.0 Å². The zero-order valence-electron chi connectivity index (χ0n) is 8.52. The van der Waals surface area contributed by atoms with E-state index in [1.54, 1.807) is 0 Å². The van der Waals surface area contributed by atoms with Crippen LogP contribution in [0.15, 0.2) is 5.16 Å². The molecule has 78 valence electrons. The molecule has 0 aromatic heterocycles. The van der Waals surface area contributed by atoms with Gasteiger partial charge < -0.3 is 5.21 Å². The normalized spacial score (nSPS) is 38.4. The third-order valence-electron chi connectivity index (χ3n) is 4.03. The summed E-state index contributed by atoms with van der Waals surface area (Å²) in [5.74, 6) is 1.13. The summed E-state index contributed by atoms with van der Waals surface area (Å²) in [6.45, 7) is 2.31. The Hall–Kier alpha value is -0.570. The van der Waals surface area contributed by atoms with E-state index in [0.29, 0.717) is 11.8 Å². The van der Waals surface area contributed by atoms with Crippen LogP contribution in [0.2, 0.25) is 0 Å². The first-order valence-electron chi connectivity index (χ1n) is 5.84. The Bertz CT molecular complexity index is 244. The number of rotatable bonds is 1. The van der Waals surface area contributed by atoms with Crippen LogP contribution in [0, 0.1) is 11.8 Å². The number of likely N-dealkylation sites (tertiary alicyclic amines) is 1. The summed E-state index contributed by atoms with van der Waals surface area (Å²) in [6.07, 6.45) is 6.58. The lowest BCUT2D eigenvalue weighted by atomic mass is 9.76. The molecular weight excluding hydrogens is 176 g/mol. The van der Waals surface area contributed by atoms with E-state index < -0.39 is 0 Å². The maximum Gasteiger partial charge on any atom is 0.0657 e. The lowest BCUT2D eigenvalue weighted by molar-refractivity contribution is 0.161. The first-order valence-corrected chi connectivity index (χ1v) is 5.84. The van der Waals surface area contributed by atoms with Crippen molar-refractivity contribution in [2.45, 2.75) is 38.1 Å². The molecule has 3 heteroatoms. The van der Waals surface area contributed by atoms with Crippen molar-refractivity contribution in [2.75, 3.05) is 13.1 Å². The van der Waals surface area contributed by atoms with Gasteiger partial charge in [0.2, 0.25) is 0 Å². The van der Waals surface area contributed by atoms with Crippen molar-refractivity contribution in [3.8, 4) is 0 Å². The van der Waals surface area contributed by atoms with Crippen molar-refractivity contribution < 1.29 is 5.21 Å². The van der Waals surface area contributed by atoms with E-state index in [-0.39, 0.29) is 0 Å². The van der Waals surface area contributed by atoms with Crippen LogP contribution in [0.3, 0.4) is 0 Å². The van der Waals surface area contributed by atoms with Gasteiger partial charge >= 0.3 is 0 Å². The fourth-order valence-electron chi connectivity index (χ4n) is 3.15. The van der Waals surface area contributed by atoms with E-state index in [2.05, 4.69) is 10.1 Å². The van der Waals surface area contributed by atoms with E-state index >= 15 is 0 Å². The molecule has 2 bridgehead atoms. The minimum Gasteiger partial charge on any atom is -0.411 e. The molecule has 3 aliphatic rings. The van der Waals surface area contributed by atoms with Crippen molar-refractivity contribution in [3.05, 3.63) is 0 Å². The van der Waals surface area contributed by atoms with Crippen LogP contribution in [0.25, 0.3) is 0 Å². The molecule has 1 heterocycles. The summed E-state index contributed by atoms with van der Waals surface area (Å²) in [4.78, 5) is 2.63. The van der Waals surface area contributed by atoms with Gasteiger partial charge in [0.05, 0.1) is 5.71 Å². The molecule has 0 radical (unpaired) electrons. The van der Waals surface area contributed by atoms with Crippen LogP contribution in [0.1, 0.15) is 32.1 Å². The smallest absolute Gasteiger partial charge is 0.0657 e. The highest BCUT2D eigenvalue weighted by Crippen LogP contribution is 2.37. The average molecular weight is 194 g/mol. The third kappa shape index (κ3) is 1.34. The Balaban J connectivity index is 1.78. The van der Waals surface area contributed by atoms with E-state index in [9.17, 15) is 0 Å². The fourth-order valence-corrected chi connectivity index (χ4v) is 3.15. The average Bonchev–Trinajstić information content (AvgIpc) is 2.98. The Morgan fingerprint density at radius 3 is 2.21 bits per heavy atom. The Morgan fingerprint density at radius 2 is 1.71 bits per heavy atom. The minimum absolute atomic E-state index is 0.563. The quantitative estimate of drug-likeness (QED) is 0.509. The molecular formula is C11H18N2O. The maximum absolute atomic E-state index is 9.01. The summed E-state index contributed by atoms with van der Waals surface area (Å²) in [7, 11) is 0. The van der Waals surface area contributed by atoms with E-state index in [1.807, 2.05) is 0 Å². The zero-order chi connectivity index (χ0) is 9.54. The number of piperidine rings is 1. The van der Waals surface area contributed by atoms with Crippen molar-refractivity contribution in [3.63, 3.8) is 0 Å². The monoisotopic (exact) mass is 194 g/mol. The second kappa shape index (κ2) is 3.23. The molecule has 2 saturated carbocycles. The highest BCUT2D eigenvalue weighted by atomic mass is 16.4. The summed E-state index contributed by atoms with van der Waals surface area (Å²) < 4.78 is 0. The van der Waals surface area contributed by atoms with Crippen LogP contribution in [-0.2, 0) is 0 Å². The van der Waals surface area contributed by atoms with Gasteiger partial charge in [-0.25, -0.2) is 0 Å². The number of oxime groups is 1. The van der Waals surface area contributed by atoms with Crippen molar-refractivity contribution in [1.29, 1.82) is 0 Å². The highest BCUT2D eigenvalue weighted by Gasteiger charge is 2.41. The second-order valence-electron chi connectivity index (χ2n) is 5.03. The van der Waals surface area contributed by atoms with Gasteiger partial charge in [0.25, 0.3) is 0 Å².